The molecule has 0 spiro atoms. The number of carbonyl (C=O) groups is 1. The van der Waals surface area contributed by atoms with Crippen molar-refractivity contribution in [2.75, 3.05) is 18.4 Å². The zero-order valence-corrected chi connectivity index (χ0v) is 15.9. The number of pyridine rings is 1. The van der Waals surface area contributed by atoms with E-state index in [2.05, 4.69) is 15.3 Å². The van der Waals surface area contributed by atoms with Gasteiger partial charge in [0.1, 0.15) is 17.5 Å². The van der Waals surface area contributed by atoms with Crippen LogP contribution in [0.25, 0.3) is 0 Å². The van der Waals surface area contributed by atoms with Crippen LogP contribution in [-0.2, 0) is 0 Å². The maximum atomic E-state index is 12.8. The van der Waals surface area contributed by atoms with Crippen LogP contribution >= 0.6 is 0 Å². The molecule has 1 fully saturated rings. The second-order valence-electron chi connectivity index (χ2n) is 7.05. The van der Waals surface area contributed by atoms with Crippen LogP contribution in [0.3, 0.4) is 0 Å². The average Bonchev–Trinajstić information content (AvgIpc) is 2.74. The van der Waals surface area contributed by atoms with Crippen LogP contribution in [0.15, 0.2) is 60.8 Å². The first kappa shape index (κ1) is 18.1. The number of aromatic nitrogens is 3. The summed E-state index contributed by atoms with van der Waals surface area (Å²) in [4.78, 5) is 28.4. The van der Waals surface area contributed by atoms with Crippen LogP contribution in [0.2, 0.25) is 0 Å². The summed E-state index contributed by atoms with van der Waals surface area (Å²) in [5, 5.41) is 3.24. The predicted octanol–water partition coefficient (Wildman–Crippen LogP) is 3.94. The lowest BCUT2D eigenvalue weighted by Gasteiger charge is -2.32. The molecule has 3 heterocycles. The number of hydrogen-bond donors (Lipinski definition) is 1. The van der Waals surface area contributed by atoms with E-state index in [9.17, 15) is 4.79 Å². The van der Waals surface area contributed by atoms with Gasteiger partial charge in [-0.1, -0.05) is 24.3 Å². The van der Waals surface area contributed by atoms with Crippen molar-refractivity contribution < 1.29 is 4.79 Å². The highest BCUT2D eigenvalue weighted by Gasteiger charge is 2.27. The fourth-order valence-corrected chi connectivity index (χ4v) is 3.54. The SMILES string of the molecule is Cc1cc(Nc2ccccn2)nc(C2CCCN(C(=O)c3ccccc3)C2)n1. The van der Waals surface area contributed by atoms with Crippen LogP contribution in [0.1, 0.15) is 40.6 Å². The molecule has 142 valence electrons. The number of piperidine rings is 1. The van der Waals surface area contributed by atoms with Gasteiger partial charge in [0.25, 0.3) is 5.91 Å². The van der Waals surface area contributed by atoms with E-state index in [-0.39, 0.29) is 11.8 Å². The zero-order chi connectivity index (χ0) is 19.3. The Kier molecular flexibility index (Phi) is 5.28. The summed E-state index contributed by atoms with van der Waals surface area (Å²) in [7, 11) is 0. The third-order valence-corrected chi connectivity index (χ3v) is 4.89. The van der Waals surface area contributed by atoms with E-state index in [1.165, 1.54) is 0 Å². The van der Waals surface area contributed by atoms with Gasteiger partial charge in [0.15, 0.2) is 0 Å². The summed E-state index contributed by atoms with van der Waals surface area (Å²) in [5.74, 6) is 2.46. The summed E-state index contributed by atoms with van der Waals surface area (Å²) in [6.45, 7) is 3.37. The van der Waals surface area contributed by atoms with Crippen LogP contribution < -0.4 is 5.32 Å². The predicted molar refractivity (Wildman–Crippen MR) is 109 cm³/mol. The van der Waals surface area contributed by atoms with Crippen molar-refractivity contribution in [3.63, 3.8) is 0 Å². The van der Waals surface area contributed by atoms with Crippen LogP contribution in [0.4, 0.5) is 11.6 Å². The number of aryl methyl sites for hydroxylation is 1. The lowest BCUT2D eigenvalue weighted by atomic mass is 9.96. The molecule has 28 heavy (non-hydrogen) atoms. The number of rotatable bonds is 4. The summed E-state index contributed by atoms with van der Waals surface area (Å²) in [6, 6.07) is 17.1. The van der Waals surface area contributed by atoms with E-state index >= 15 is 0 Å². The smallest absolute Gasteiger partial charge is 0.253 e. The van der Waals surface area contributed by atoms with Gasteiger partial charge in [0.05, 0.1) is 0 Å². The Morgan fingerprint density at radius 2 is 1.89 bits per heavy atom. The first-order valence-electron chi connectivity index (χ1n) is 9.57. The monoisotopic (exact) mass is 373 g/mol. The van der Waals surface area contributed by atoms with Crippen molar-refractivity contribution in [2.24, 2.45) is 0 Å². The largest absolute Gasteiger partial charge is 0.338 e. The maximum Gasteiger partial charge on any atom is 0.253 e. The molecule has 6 heteroatoms. The molecule has 1 saturated heterocycles. The highest BCUT2D eigenvalue weighted by molar-refractivity contribution is 5.94. The van der Waals surface area contributed by atoms with Crippen LogP contribution in [-0.4, -0.2) is 38.8 Å². The molecule has 1 atom stereocenters. The van der Waals surface area contributed by atoms with Crippen molar-refractivity contribution in [2.45, 2.75) is 25.7 Å². The number of hydrogen-bond acceptors (Lipinski definition) is 5. The number of anilines is 2. The molecule has 1 unspecified atom stereocenters. The van der Waals surface area contributed by atoms with Gasteiger partial charge in [-0.3, -0.25) is 4.79 Å². The number of amides is 1. The van der Waals surface area contributed by atoms with Crippen molar-refractivity contribution in [3.8, 4) is 0 Å². The minimum absolute atomic E-state index is 0.0739. The zero-order valence-electron chi connectivity index (χ0n) is 15.9. The first-order chi connectivity index (χ1) is 13.7. The third-order valence-electron chi connectivity index (χ3n) is 4.89. The molecule has 0 saturated carbocycles. The van der Waals surface area contributed by atoms with Gasteiger partial charge < -0.3 is 10.2 Å². The molecule has 1 N–H and O–H groups in total. The molecule has 3 aromatic rings. The highest BCUT2D eigenvalue weighted by atomic mass is 16.2. The van der Waals surface area contributed by atoms with E-state index in [1.54, 1.807) is 6.20 Å². The Bertz CT molecular complexity index is 946. The molecule has 0 radical (unpaired) electrons. The number of likely N-dealkylation sites (tertiary alicyclic amines) is 1. The second-order valence-corrected chi connectivity index (χ2v) is 7.05. The van der Waals surface area contributed by atoms with Crippen molar-refractivity contribution in [1.82, 2.24) is 19.9 Å². The number of nitrogens with zero attached hydrogens (tertiary/aromatic N) is 4. The van der Waals surface area contributed by atoms with E-state index < -0.39 is 0 Å². The Labute approximate surface area is 164 Å². The van der Waals surface area contributed by atoms with Crippen molar-refractivity contribution in [1.29, 1.82) is 0 Å². The summed E-state index contributed by atoms with van der Waals surface area (Å²) in [5.41, 5.74) is 1.63. The lowest BCUT2D eigenvalue weighted by Crippen LogP contribution is -2.39. The Morgan fingerprint density at radius 3 is 2.68 bits per heavy atom. The minimum atomic E-state index is 0.0739. The standard InChI is InChI=1S/C22H23N5O/c1-16-14-20(25-19-11-5-6-12-23-19)26-21(24-16)18-10-7-13-27(15-18)22(28)17-8-3-2-4-9-17/h2-6,8-9,11-12,14,18H,7,10,13,15H2,1H3,(H,23,24,25,26). The molecule has 2 aromatic heterocycles. The number of nitrogens with one attached hydrogen (secondary N) is 1. The van der Waals surface area contributed by atoms with Gasteiger partial charge >= 0.3 is 0 Å². The molecular weight excluding hydrogens is 350 g/mol. The van der Waals surface area contributed by atoms with Crippen molar-refractivity contribution in [3.05, 3.63) is 77.9 Å². The highest BCUT2D eigenvalue weighted by Crippen LogP contribution is 2.27. The second kappa shape index (κ2) is 8.17. The Balaban J connectivity index is 1.52. The summed E-state index contributed by atoms with van der Waals surface area (Å²) >= 11 is 0. The normalized spacial score (nSPS) is 16.6. The molecule has 1 aliphatic rings. The molecule has 1 aromatic carbocycles. The summed E-state index contributed by atoms with van der Waals surface area (Å²) in [6.07, 6.45) is 3.67. The van der Waals surface area contributed by atoms with E-state index in [4.69, 9.17) is 4.98 Å². The fraction of sp³-hybridized carbons (Fsp3) is 0.273. The molecule has 1 aliphatic heterocycles. The van der Waals surface area contributed by atoms with Gasteiger partial charge in [-0.05, 0) is 44.0 Å². The fourth-order valence-electron chi connectivity index (χ4n) is 3.54. The van der Waals surface area contributed by atoms with Gasteiger partial charge in [-0.25, -0.2) is 15.0 Å². The quantitative estimate of drug-likeness (QED) is 0.750. The average molecular weight is 373 g/mol. The Morgan fingerprint density at radius 1 is 1.07 bits per heavy atom. The first-order valence-corrected chi connectivity index (χ1v) is 9.57. The van der Waals surface area contributed by atoms with Gasteiger partial charge in [-0.15, -0.1) is 0 Å². The maximum absolute atomic E-state index is 12.8. The topological polar surface area (TPSA) is 71.0 Å². The molecule has 0 aliphatic carbocycles. The van der Waals surface area contributed by atoms with E-state index in [0.717, 1.165) is 48.1 Å². The van der Waals surface area contributed by atoms with Gasteiger partial charge in [0, 0.05) is 42.5 Å². The van der Waals surface area contributed by atoms with Gasteiger partial charge in [0.2, 0.25) is 0 Å². The van der Waals surface area contributed by atoms with E-state index in [0.29, 0.717) is 6.54 Å². The molecule has 4 rings (SSSR count). The van der Waals surface area contributed by atoms with E-state index in [1.807, 2.05) is 66.4 Å². The summed E-state index contributed by atoms with van der Waals surface area (Å²) < 4.78 is 0. The number of benzene rings is 1. The molecule has 6 nitrogen and oxygen atoms in total. The van der Waals surface area contributed by atoms with Crippen LogP contribution in [0, 0.1) is 6.92 Å². The van der Waals surface area contributed by atoms with Gasteiger partial charge in [-0.2, -0.15) is 0 Å². The molecule has 0 bridgehead atoms. The van der Waals surface area contributed by atoms with Crippen LogP contribution in [0.5, 0.6) is 0 Å². The molecular formula is C22H23N5O. The Hall–Kier alpha value is -3.28. The molecule has 1 amide bonds. The minimum Gasteiger partial charge on any atom is -0.338 e. The number of carbonyl (C=O) groups excluding carboxylic acids is 1. The van der Waals surface area contributed by atoms with Crippen molar-refractivity contribution >= 4 is 17.5 Å². The third kappa shape index (κ3) is 4.17. The lowest BCUT2D eigenvalue weighted by molar-refractivity contribution is 0.0704.